The molecule has 1 atom stereocenters. The Labute approximate surface area is 79.4 Å². The Balaban J connectivity index is 2.56. The van der Waals surface area contributed by atoms with Gasteiger partial charge in [-0.3, -0.25) is 0 Å². The number of rotatable bonds is 4. The standard InChI is InChI=1S/C9H16O3S/c1-13(11,12)7-9(6-10)8-4-2-3-5-8/h6,8-9H,2-5,7H2,1H3. The number of carbonyl (C=O) groups is 1. The summed E-state index contributed by atoms with van der Waals surface area (Å²) in [5.74, 6) is 0.0750. The lowest BCUT2D eigenvalue weighted by molar-refractivity contribution is -0.111. The van der Waals surface area contributed by atoms with E-state index in [2.05, 4.69) is 0 Å². The van der Waals surface area contributed by atoms with Gasteiger partial charge in [-0.05, 0) is 18.8 Å². The number of carbonyl (C=O) groups excluding carboxylic acids is 1. The highest BCUT2D eigenvalue weighted by molar-refractivity contribution is 7.90. The van der Waals surface area contributed by atoms with Crippen LogP contribution in [0.4, 0.5) is 0 Å². The van der Waals surface area contributed by atoms with Crippen LogP contribution < -0.4 is 0 Å². The highest BCUT2D eigenvalue weighted by atomic mass is 32.2. The number of sulfone groups is 1. The molecule has 0 aromatic heterocycles. The minimum atomic E-state index is -3.00. The van der Waals surface area contributed by atoms with Crippen molar-refractivity contribution in [1.82, 2.24) is 0 Å². The van der Waals surface area contributed by atoms with Gasteiger partial charge in [0.15, 0.2) is 0 Å². The Morgan fingerprint density at radius 2 is 1.92 bits per heavy atom. The first-order chi connectivity index (χ1) is 6.03. The molecule has 76 valence electrons. The molecule has 1 aliphatic rings. The van der Waals surface area contributed by atoms with E-state index in [0.717, 1.165) is 32.0 Å². The molecule has 0 spiro atoms. The molecule has 0 heterocycles. The lowest BCUT2D eigenvalue weighted by Crippen LogP contribution is -2.22. The maximum atomic E-state index is 11.0. The van der Waals surface area contributed by atoms with E-state index in [1.807, 2.05) is 0 Å². The van der Waals surface area contributed by atoms with Crippen LogP contribution >= 0.6 is 0 Å². The van der Waals surface area contributed by atoms with Gasteiger partial charge in [-0.1, -0.05) is 12.8 Å². The highest BCUT2D eigenvalue weighted by Crippen LogP contribution is 2.30. The quantitative estimate of drug-likeness (QED) is 0.643. The van der Waals surface area contributed by atoms with E-state index in [-0.39, 0.29) is 11.7 Å². The molecule has 1 aliphatic carbocycles. The van der Waals surface area contributed by atoms with E-state index >= 15 is 0 Å². The average Bonchev–Trinajstić information content (AvgIpc) is 2.50. The molecule has 1 fully saturated rings. The second-order valence-electron chi connectivity index (χ2n) is 3.94. The Morgan fingerprint density at radius 1 is 1.38 bits per heavy atom. The fourth-order valence-corrected chi connectivity index (χ4v) is 3.07. The largest absolute Gasteiger partial charge is 0.303 e. The van der Waals surface area contributed by atoms with E-state index in [0.29, 0.717) is 5.92 Å². The first-order valence-corrected chi connectivity index (χ1v) is 6.72. The molecule has 0 aliphatic heterocycles. The highest BCUT2D eigenvalue weighted by Gasteiger charge is 2.27. The normalized spacial score (nSPS) is 21.6. The van der Waals surface area contributed by atoms with Crippen molar-refractivity contribution < 1.29 is 13.2 Å². The second-order valence-corrected chi connectivity index (χ2v) is 6.12. The maximum Gasteiger partial charge on any atom is 0.148 e. The first kappa shape index (κ1) is 10.7. The average molecular weight is 204 g/mol. The maximum absolute atomic E-state index is 11.0. The summed E-state index contributed by atoms with van der Waals surface area (Å²) in [6, 6.07) is 0. The molecular formula is C9H16O3S. The summed E-state index contributed by atoms with van der Waals surface area (Å²) in [6.07, 6.45) is 6.31. The molecule has 0 aromatic carbocycles. The molecule has 0 bridgehead atoms. The van der Waals surface area contributed by atoms with Crippen molar-refractivity contribution in [3.8, 4) is 0 Å². The molecule has 0 amide bonds. The first-order valence-electron chi connectivity index (χ1n) is 4.66. The van der Waals surface area contributed by atoms with E-state index < -0.39 is 9.84 Å². The van der Waals surface area contributed by atoms with Crippen LogP contribution in [-0.2, 0) is 14.6 Å². The monoisotopic (exact) mass is 204 g/mol. The lowest BCUT2D eigenvalue weighted by atomic mass is 9.94. The van der Waals surface area contributed by atoms with E-state index in [1.165, 1.54) is 6.26 Å². The van der Waals surface area contributed by atoms with E-state index in [9.17, 15) is 13.2 Å². The van der Waals surface area contributed by atoms with Gasteiger partial charge in [0, 0.05) is 12.2 Å². The Morgan fingerprint density at radius 3 is 2.31 bits per heavy atom. The molecule has 0 saturated heterocycles. The summed E-state index contributed by atoms with van der Waals surface area (Å²) in [7, 11) is -3.00. The van der Waals surface area contributed by atoms with Crippen molar-refractivity contribution in [1.29, 1.82) is 0 Å². The summed E-state index contributed by atoms with van der Waals surface area (Å²) in [4.78, 5) is 10.7. The van der Waals surface area contributed by atoms with E-state index in [1.54, 1.807) is 0 Å². The smallest absolute Gasteiger partial charge is 0.148 e. The van der Waals surface area contributed by atoms with Crippen LogP contribution in [0.1, 0.15) is 25.7 Å². The van der Waals surface area contributed by atoms with Gasteiger partial charge in [-0.15, -0.1) is 0 Å². The molecule has 1 saturated carbocycles. The van der Waals surface area contributed by atoms with Gasteiger partial charge in [0.2, 0.25) is 0 Å². The van der Waals surface area contributed by atoms with Crippen LogP contribution in [0.15, 0.2) is 0 Å². The van der Waals surface area contributed by atoms with Gasteiger partial charge in [-0.25, -0.2) is 8.42 Å². The second kappa shape index (κ2) is 4.22. The zero-order chi connectivity index (χ0) is 9.90. The Kier molecular flexibility index (Phi) is 3.47. The molecule has 0 N–H and O–H groups in total. The van der Waals surface area contributed by atoms with Crippen molar-refractivity contribution in [2.24, 2.45) is 11.8 Å². The molecule has 0 aromatic rings. The fraction of sp³-hybridized carbons (Fsp3) is 0.889. The predicted octanol–water partition coefficient (Wildman–Crippen LogP) is 1.04. The molecule has 1 unspecified atom stereocenters. The molecule has 13 heavy (non-hydrogen) atoms. The SMILES string of the molecule is CS(=O)(=O)CC(C=O)C1CCCC1. The van der Waals surface area contributed by atoms with Gasteiger partial charge in [0.05, 0.1) is 5.75 Å². The zero-order valence-corrected chi connectivity index (χ0v) is 8.72. The lowest BCUT2D eigenvalue weighted by Gasteiger charge is -2.15. The van der Waals surface area contributed by atoms with E-state index in [4.69, 9.17) is 0 Å². The fourth-order valence-electron chi connectivity index (χ4n) is 2.02. The number of hydrogen-bond donors (Lipinski definition) is 0. The summed E-state index contributed by atoms with van der Waals surface area (Å²) >= 11 is 0. The minimum Gasteiger partial charge on any atom is -0.303 e. The third-order valence-corrected chi connectivity index (χ3v) is 3.67. The van der Waals surface area contributed by atoms with Gasteiger partial charge in [0.25, 0.3) is 0 Å². The Bertz CT molecular complexity index is 263. The molecule has 0 radical (unpaired) electrons. The summed E-state index contributed by atoms with van der Waals surface area (Å²) in [6.45, 7) is 0. The van der Waals surface area contributed by atoms with Crippen molar-refractivity contribution in [3.05, 3.63) is 0 Å². The number of hydrogen-bond acceptors (Lipinski definition) is 3. The minimum absolute atomic E-state index is 0.0289. The van der Waals surface area contributed by atoms with Crippen LogP contribution in [0.2, 0.25) is 0 Å². The Hall–Kier alpha value is -0.380. The summed E-state index contributed by atoms with van der Waals surface area (Å²) in [5, 5.41) is 0. The predicted molar refractivity (Wildman–Crippen MR) is 51.2 cm³/mol. The van der Waals surface area contributed by atoms with Gasteiger partial charge in [0.1, 0.15) is 16.1 Å². The molecule has 4 heteroatoms. The van der Waals surface area contributed by atoms with Gasteiger partial charge >= 0.3 is 0 Å². The summed E-state index contributed by atoms with van der Waals surface area (Å²) in [5.41, 5.74) is 0. The zero-order valence-electron chi connectivity index (χ0n) is 7.90. The van der Waals surface area contributed by atoms with Gasteiger partial charge in [-0.2, -0.15) is 0 Å². The van der Waals surface area contributed by atoms with Crippen LogP contribution in [0.25, 0.3) is 0 Å². The van der Waals surface area contributed by atoms with Crippen molar-refractivity contribution in [2.45, 2.75) is 25.7 Å². The number of aldehydes is 1. The van der Waals surface area contributed by atoms with Crippen molar-refractivity contribution >= 4 is 16.1 Å². The third kappa shape index (κ3) is 3.46. The summed E-state index contributed by atoms with van der Waals surface area (Å²) < 4.78 is 22.0. The van der Waals surface area contributed by atoms with Gasteiger partial charge < -0.3 is 4.79 Å². The third-order valence-electron chi connectivity index (χ3n) is 2.68. The van der Waals surface area contributed by atoms with Crippen LogP contribution in [0.5, 0.6) is 0 Å². The molecule has 3 nitrogen and oxygen atoms in total. The van der Waals surface area contributed by atoms with Crippen molar-refractivity contribution in [3.63, 3.8) is 0 Å². The topological polar surface area (TPSA) is 51.2 Å². The molecule has 1 rings (SSSR count). The van der Waals surface area contributed by atoms with Crippen LogP contribution in [0, 0.1) is 11.8 Å². The van der Waals surface area contributed by atoms with Crippen molar-refractivity contribution in [2.75, 3.05) is 12.0 Å². The molecular weight excluding hydrogens is 188 g/mol. The van der Waals surface area contributed by atoms with Crippen LogP contribution in [-0.4, -0.2) is 26.7 Å². The van der Waals surface area contributed by atoms with Crippen LogP contribution in [0.3, 0.4) is 0 Å².